The van der Waals surface area contributed by atoms with Crippen molar-refractivity contribution in [3.05, 3.63) is 83.1 Å². The second-order valence-corrected chi connectivity index (χ2v) is 7.62. The Morgan fingerprint density at radius 1 is 0.828 bits per heavy atom. The van der Waals surface area contributed by atoms with Gasteiger partial charge in [-0.25, -0.2) is 14.3 Å². The number of aryl methyl sites for hydroxylation is 2. The summed E-state index contributed by atoms with van der Waals surface area (Å²) < 4.78 is 4.43. The molecule has 6 rings (SSSR count). The third kappa shape index (κ3) is 1.83. The Balaban J connectivity index is 2.11. The number of benzene rings is 3. The molecule has 0 spiro atoms. The Morgan fingerprint density at radius 3 is 2.38 bits per heavy atom. The van der Waals surface area contributed by atoms with E-state index in [0.29, 0.717) is 11.4 Å². The molecule has 4 heteroatoms. The molecule has 0 radical (unpaired) electrons. The number of aromatic nitrogens is 2. The summed E-state index contributed by atoms with van der Waals surface area (Å²) in [5.74, 6) is 0. The Morgan fingerprint density at radius 2 is 1.59 bits per heavy atom. The predicted octanol–water partition coefficient (Wildman–Crippen LogP) is 6.22. The summed E-state index contributed by atoms with van der Waals surface area (Å²) in [6.45, 7) is 17.2. The van der Waals surface area contributed by atoms with Crippen LogP contribution in [0.4, 0.5) is 11.4 Å². The van der Waals surface area contributed by atoms with Crippen molar-refractivity contribution in [1.29, 1.82) is 0 Å². The zero-order chi connectivity index (χ0) is 19.9. The van der Waals surface area contributed by atoms with E-state index in [4.69, 9.17) is 13.1 Å². The van der Waals surface area contributed by atoms with Gasteiger partial charge in [-0.3, -0.25) is 0 Å². The first-order valence-corrected chi connectivity index (χ1v) is 9.42. The predicted molar refractivity (Wildman–Crippen MR) is 117 cm³/mol. The molecule has 3 aromatic heterocycles. The fourth-order valence-corrected chi connectivity index (χ4v) is 4.82. The first kappa shape index (κ1) is 15.9. The fourth-order valence-electron chi connectivity index (χ4n) is 4.82. The molecule has 0 aliphatic carbocycles. The molecule has 0 saturated carbocycles. The van der Waals surface area contributed by atoms with Gasteiger partial charge in [0.1, 0.15) is 7.05 Å². The number of nitrogens with zero attached hydrogens (tertiary/aromatic N) is 4. The topological polar surface area (TPSA) is 17.0 Å². The molecule has 6 aromatic rings. The van der Waals surface area contributed by atoms with E-state index in [1.165, 1.54) is 21.9 Å². The monoisotopic (exact) mass is 371 g/mol. The van der Waals surface area contributed by atoms with E-state index in [1.807, 2.05) is 30.3 Å². The zero-order valence-corrected chi connectivity index (χ0v) is 16.0. The van der Waals surface area contributed by atoms with Gasteiger partial charge in [0, 0.05) is 22.4 Å². The summed E-state index contributed by atoms with van der Waals surface area (Å²) in [4.78, 5) is 7.37. The standard InChI is InChI=1S/C25H15N4/c1-14-5-7-19-18-8-6-16(26-2)12-20(18)29-21-13-17(27-3)11-15-9-10-28(4)25(23(15)21)22(14)24(19)29/h5-13H,1,4H3/q+1. The van der Waals surface area contributed by atoms with Crippen LogP contribution in [-0.2, 0) is 7.05 Å². The van der Waals surface area contributed by atoms with Gasteiger partial charge in [0.25, 0.3) is 0 Å². The second kappa shape index (κ2) is 5.22. The van der Waals surface area contributed by atoms with Gasteiger partial charge in [-0.2, -0.15) is 0 Å². The Kier molecular flexibility index (Phi) is 2.85. The molecule has 0 aliphatic rings. The molecule has 3 heterocycles. The Bertz CT molecular complexity index is 1740. The summed E-state index contributed by atoms with van der Waals surface area (Å²) in [5.41, 5.74) is 6.82. The van der Waals surface area contributed by atoms with Crippen LogP contribution < -0.4 is 4.57 Å². The van der Waals surface area contributed by atoms with Crippen LogP contribution >= 0.6 is 0 Å². The van der Waals surface area contributed by atoms with Crippen molar-refractivity contribution < 1.29 is 4.57 Å². The molecule has 0 saturated heterocycles. The second-order valence-electron chi connectivity index (χ2n) is 7.62. The molecule has 134 valence electrons. The van der Waals surface area contributed by atoms with Crippen molar-refractivity contribution in [2.24, 2.45) is 7.05 Å². The van der Waals surface area contributed by atoms with Crippen molar-refractivity contribution in [3.8, 4) is 0 Å². The average molecular weight is 371 g/mol. The number of rotatable bonds is 0. The zero-order valence-electron chi connectivity index (χ0n) is 16.0. The molecule has 4 nitrogen and oxygen atoms in total. The highest BCUT2D eigenvalue weighted by Crippen LogP contribution is 2.42. The van der Waals surface area contributed by atoms with E-state index >= 15 is 0 Å². The molecule has 0 amide bonds. The summed E-state index contributed by atoms with van der Waals surface area (Å²) in [5, 5.41) is 5.74. The number of pyridine rings is 2. The minimum Gasteiger partial charge on any atom is -0.310 e. The number of hydrogen-bond acceptors (Lipinski definition) is 0. The molecule has 29 heavy (non-hydrogen) atoms. The lowest BCUT2D eigenvalue weighted by Gasteiger charge is -2.13. The van der Waals surface area contributed by atoms with E-state index < -0.39 is 0 Å². The highest BCUT2D eigenvalue weighted by atomic mass is 15.0. The minimum atomic E-state index is 0.622. The van der Waals surface area contributed by atoms with Gasteiger partial charge in [0.15, 0.2) is 17.6 Å². The Labute approximate surface area is 166 Å². The van der Waals surface area contributed by atoms with E-state index in [1.54, 1.807) is 0 Å². The van der Waals surface area contributed by atoms with Gasteiger partial charge in [-0.1, -0.05) is 24.3 Å². The number of fused-ring (bicyclic) bond motifs is 5. The van der Waals surface area contributed by atoms with E-state index in [9.17, 15) is 0 Å². The lowest BCUT2D eigenvalue weighted by atomic mass is 9.99. The normalized spacial score (nSPS) is 11.7. The Hall–Kier alpha value is -4.15. The van der Waals surface area contributed by atoms with Gasteiger partial charge < -0.3 is 4.40 Å². The lowest BCUT2D eigenvalue weighted by molar-refractivity contribution is -0.643. The molecule has 0 bridgehead atoms. The lowest BCUT2D eigenvalue weighted by Crippen LogP contribution is -2.28. The largest absolute Gasteiger partial charge is 0.310 e. The summed E-state index contributed by atoms with van der Waals surface area (Å²) >= 11 is 0. The van der Waals surface area contributed by atoms with Crippen molar-refractivity contribution in [2.45, 2.75) is 6.92 Å². The van der Waals surface area contributed by atoms with E-state index in [2.05, 4.69) is 57.0 Å². The smallest absolute Gasteiger partial charge is 0.224 e. The molecule has 0 atom stereocenters. The molecular weight excluding hydrogens is 356 g/mol. The van der Waals surface area contributed by atoms with Crippen molar-refractivity contribution in [2.75, 3.05) is 0 Å². The third-order valence-corrected chi connectivity index (χ3v) is 6.06. The SMILES string of the molecule is [C-]#[N+]c1ccc2c3ccc(C)c4c3n(c2c1)c1cc([N+]#[C-])cc2cc[n+](C)c4c21. The number of hydrogen-bond donors (Lipinski definition) is 0. The maximum atomic E-state index is 7.59. The van der Waals surface area contributed by atoms with Crippen molar-refractivity contribution in [1.82, 2.24) is 4.40 Å². The maximum Gasteiger partial charge on any atom is 0.224 e. The molecule has 3 aromatic carbocycles. The van der Waals surface area contributed by atoms with Gasteiger partial charge in [-0.05, 0) is 36.1 Å². The van der Waals surface area contributed by atoms with Crippen LogP contribution in [0.1, 0.15) is 5.56 Å². The van der Waals surface area contributed by atoms with Crippen molar-refractivity contribution >= 4 is 60.4 Å². The van der Waals surface area contributed by atoms with Crippen LogP contribution in [0, 0.1) is 20.1 Å². The minimum absolute atomic E-state index is 0.622. The molecular formula is C25H15N4+. The van der Waals surface area contributed by atoms with Crippen LogP contribution in [0.25, 0.3) is 58.7 Å². The summed E-state index contributed by atoms with van der Waals surface area (Å²) in [7, 11) is 2.08. The van der Waals surface area contributed by atoms with E-state index in [-0.39, 0.29) is 0 Å². The van der Waals surface area contributed by atoms with E-state index in [0.717, 1.165) is 32.7 Å². The molecule has 0 unspecified atom stereocenters. The quantitative estimate of drug-likeness (QED) is 0.130. The first-order chi connectivity index (χ1) is 14.1. The summed E-state index contributed by atoms with van der Waals surface area (Å²) in [6.07, 6.45) is 2.07. The third-order valence-electron chi connectivity index (χ3n) is 6.06. The van der Waals surface area contributed by atoms with Crippen LogP contribution in [-0.4, -0.2) is 4.40 Å². The molecule has 0 fully saturated rings. The highest BCUT2D eigenvalue weighted by molar-refractivity contribution is 6.26. The van der Waals surface area contributed by atoms with Gasteiger partial charge in [-0.15, -0.1) is 0 Å². The summed E-state index contributed by atoms with van der Waals surface area (Å²) in [6, 6.07) is 16.3. The van der Waals surface area contributed by atoms with Crippen LogP contribution in [0.5, 0.6) is 0 Å². The van der Waals surface area contributed by atoms with Crippen molar-refractivity contribution in [3.63, 3.8) is 0 Å². The first-order valence-electron chi connectivity index (χ1n) is 9.42. The fraction of sp³-hybridized carbons (Fsp3) is 0.0800. The van der Waals surface area contributed by atoms with Crippen LogP contribution in [0.3, 0.4) is 0 Å². The average Bonchev–Trinajstić information content (AvgIpc) is 3.07. The van der Waals surface area contributed by atoms with Crippen LogP contribution in [0.15, 0.2) is 54.7 Å². The highest BCUT2D eigenvalue weighted by Gasteiger charge is 2.24. The van der Waals surface area contributed by atoms with Gasteiger partial charge in [0.2, 0.25) is 5.52 Å². The maximum absolute atomic E-state index is 7.59. The molecule has 0 N–H and O–H groups in total. The molecule has 0 aliphatic heterocycles. The van der Waals surface area contributed by atoms with Crippen LogP contribution in [0.2, 0.25) is 0 Å². The van der Waals surface area contributed by atoms with Gasteiger partial charge >= 0.3 is 0 Å². The van der Waals surface area contributed by atoms with Gasteiger partial charge in [0.05, 0.1) is 35.0 Å².